The van der Waals surface area contributed by atoms with Crippen LogP contribution in [0, 0.1) is 11.8 Å². The number of sulfone groups is 1. The summed E-state index contributed by atoms with van der Waals surface area (Å²) in [6.45, 7) is 7.52. The summed E-state index contributed by atoms with van der Waals surface area (Å²) in [6, 6.07) is 0. The first kappa shape index (κ1) is 14.0. The lowest BCUT2D eigenvalue weighted by Crippen LogP contribution is -2.43. The summed E-state index contributed by atoms with van der Waals surface area (Å²) in [6.07, 6.45) is 4.62. The highest BCUT2D eigenvalue weighted by molar-refractivity contribution is 7.90. The molecule has 3 nitrogen and oxygen atoms in total. The first-order valence-electron chi connectivity index (χ1n) is 6.10. The second kappa shape index (κ2) is 5.05. The van der Waals surface area contributed by atoms with Gasteiger partial charge in [-0.2, -0.15) is 0 Å². The van der Waals surface area contributed by atoms with Crippen molar-refractivity contribution in [3.8, 4) is 0 Å². The zero-order valence-electron chi connectivity index (χ0n) is 10.9. The minimum absolute atomic E-state index is 0.164. The van der Waals surface area contributed by atoms with Crippen molar-refractivity contribution >= 4 is 9.84 Å². The van der Waals surface area contributed by atoms with Crippen molar-refractivity contribution in [2.75, 3.05) is 18.6 Å². The average molecular weight is 247 g/mol. The Morgan fingerprint density at radius 1 is 1.19 bits per heavy atom. The number of rotatable bonds is 5. The van der Waals surface area contributed by atoms with Gasteiger partial charge in [-0.15, -0.1) is 0 Å². The molecule has 2 unspecified atom stereocenters. The van der Waals surface area contributed by atoms with Gasteiger partial charge in [0.1, 0.15) is 9.84 Å². The molecule has 0 aromatic heterocycles. The molecular weight excluding hydrogens is 222 g/mol. The molecule has 2 atom stereocenters. The van der Waals surface area contributed by atoms with Gasteiger partial charge in [-0.05, 0) is 58.4 Å². The van der Waals surface area contributed by atoms with E-state index >= 15 is 0 Å². The highest BCUT2D eigenvalue weighted by Gasteiger charge is 2.31. The lowest BCUT2D eigenvalue weighted by molar-refractivity contribution is 0.156. The molecule has 0 spiro atoms. The van der Waals surface area contributed by atoms with Gasteiger partial charge in [0, 0.05) is 11.8 Å². The van der Waals surface area contributed by atoms with Crippen LogP contribution in [0.5, 0.6) is 0 Å². The van der Waals surface area contributed by atoms with Gasteiger partial charge < -0.3 is 5.32 Å². The Hall–Kier alpha value is -0.0900. The molecular formula is C12H25NO2S. The van der Waals surface area contributed by atoms with Crippen LogP contribution in [0.15, 0.2) is 0 Å². The number of hydrogen-bond donors (Lipinski definition) is 1. The molecule has 0 aliphatic heterocycles. The van der Waals surface area contributed by atoms with Gasteiger partial charge in [0.2, 0.25) is 0 Å². The molecule has 96 valence electrons. The summed E-state index contributed by atoms with van der Waals surface area (Å²) in [5.74, 6) is 1.65. The van der Waals surface area contributed by atoms with Crippen LogP contribution in [-0.2, 0) is 9.84 Å². The van der Waals surface area contributed by atoms with Crippen LogP contribution in [-0.4, -0.2) is 32.5 Å². The van der Waals surface area contributed by atoms with E-state index in [4.69, 9.17) is 0 Å². The minimum Gasteiger partial charge on any atom is -0.312 e. The smallest absolute Gasteiger partial charge is 0.147 e. The van der Waals surface area contributed by atoms with Gasteiger partial charge in [-0.1, -0.05) is 0 Å². The molecule has 16 heavy (non-hydrogen) atoms. The van der Waals surface area contributed by atoms with Crippen LogP contribution in [0.25, 0.3) is 0 Å². The third-order valence-electron chi connectivity index (χ3n) is 3.33. The van der Waals surface area contributed by atoms with Gasteiger partial charge in [0.15, 0.2) is 0 Å². The minimum atomic E-state index is -2.78. The van der Waals surface area contributed by atoms with Crippen LogP contribution in [0.1, 0.15) is 40.0 Å². The summed E-state index contributed by atoms with van der Waals surface area (Å²) < 4.78 is 22.2. The zero-order chi connectivity index (χ0) is 12.4. The third kappa shape index (κ3) is 5.30. The Balaban J connectivity index is 2.26. The molecule has 0 aromatic carbocycles. The third-order valence-corrected chi connectivity index (χ3v) is 4.31. The SMILES string of the molecule is CC(C)(C)NCC1CCC1CCS(C)(=O)=O. The average Bonchev–Trinajstić information content (AvgIpc) is 1.97. The Morgan fingerprint density at radius 2 is 1.75 bits per heavy atom. The summed E-state index contributed by atoms with van der Waals surface area (Å²) in [4.78, 5) is 0. The highest BCUT2D eigenvalue weighted by Crippen LogP contribution is 2.36. The molecule has 0 amide bonds. The molecule has 0 aromatic rings. The maximum Gasteiger partial charge on any atom is 0.147 e. The lowest BCUT2D eigenvalue weighted by Gasteiger charge is -2.38. The fourth-order valence-electron chi connectivity index (χ4n) is 2.09. The van der Waals surface area contributed by atoms with Crippen molar-refractivity contribution in [1.29, 1.82) is 0 Å². The zero-order valence-corrected chi connectivity index (χ0v) is 11.7. The number of hydrogen-bond acceptors (Lipinski definition) is 3. The van der Waals surface area contributed by atoms with E-state index in [9.17, 15) is 8.42 Å². The van der Waals surface area contributed by atoms with E-state index in [2.05, 4.69) is 26.1 Å². The molecule has 1 N–H and O–H groups in total. The van der Waals surface area contributed by atoms with Crippen LogP contribution < -0.4 is 5.32 Å². The van der Waals surface area contributed by atoms with Crippen molar-refractivity contribution in [3.63, 3.8) is 0 Å². The predicted octanol–water partition coefficient (Wildman–Crippen LogP) is 1.84. The first-order valence-corrected chi connectivity index (χ1v) is 8.16. The standard InChI is InChI=1S/C12H25NO2S/c1-12(2,3)13-9-11-6-5-10(11)7-8-16(4,14)15/h10-11,13H,5-9H2,1-4H3. The van der Waals surface area contributed by atoms with Crippen LogP contribution >= 0.6 is 0 Å². The second-order valence-electron chi connectivity index (χ2n) is 6.15. The molecule has 1 rings (SSSR count). The molecule has 0 radical (unpaired) electrons. The summed E-state index contributed by atoms with van der Waals surface area (Å²) in [7, 11) is -2.78. The van der Waals surface area contributed by atoms with Gasteiger partial charge in [0.25, 0.3) is 0 Å². The van der Waals surface area contributed by atoms with E-state index in [1.807, 2.05) is 0 Å². The normalized spacial score (nSPS) is 26.5. The Labute approximate surface area is 99.9 Å². The molecule has 1 aliphatic carbocycles. The Kier molecular flexibility index (Phi) is 4.41. The van der Waals surface area contributed by atoms with Crippen LogP contribution in [0.3, 0.4) is 0 Å². The summed E-state index contributed by atoms with van der Waals surface area (Å²) in [5, 5.41) is 3.50. The van der Waals surface area contributed by atoms with E-state index in [-0.39, 0.29) is 5.54 Å². The Morgan fingerprint density at radius 3 is 2.12 bits per heavy atom. The van der Waals surface area contributed by atoms with Crippen molar-refractivity contribution in [2.24, 2.45) is 11.8 Å². The fraction of sp³-hybridized carbons (Fsp3) is 1.00. The monoisotopic (exact) mass is 247 g/mol. The lowest BCUT2D eigenvalue weighted by atomic mass is 9.72. The van der Waals surface area contributed by atoms with Crippen molar-refractivity contribution in [2.45, 2.75) is 45.6 Å². The van der Waals surface area contributed by atoms with E-state index in [1.165, 1.54) is 19.1 Å². The quantitative estimate of drug-likeness (QED) is 0.806. The van der Waals surface area contributed by atoms with E-state index in [0.29, 0.717) is 17.6 Å². The van der Waals surface area contributed by atoms with Crippen LogP contribution in [0.4, 0.5) is 0 Å². The van der Waals surface area contributed by atoms with E-state index in [1.54, 1.807) is 0 Å². The highest BCUT2D eigenvalue weighted by atomic mass is 32.2. The van der Waals surface area contributed by atoms with Crippen molar-refractivity contribution < 1.29 is 8.42 Å². The molecule has 0 saturated heterocycles. The maximum atomic E-state index is 11.1. The maximum absolute atomic E-state index is 11.1. The van der Waals surface area contributed by atoms with Gasteiger partial charge in [-0.25, -0.2) is 8.42 Å². The van der Waals surface area contributed by atoms with Gasteiger partial charge in [-0.3, -0.25) is 0 Å². The molecule has 0 bridgehead atoms. The summed E-state index contributed by atoms with van der Waals surface area (Å²) >= 11 is 0. The van der Waals surface area contributed by atoms with Crippen molar-refractivity contribution in [1.82, 2.24) is 5.32 Å². The predicted molar refractivity (Wildman–Crippen MR) is 68.3 cm³/mol. The molecule has 1 fully saturated rings. The number of nitrogens with one attached hydrogen (secondary N) is 1. The molecule has 0 heterocycles. The van der Waals surface area contributed by atoms with Crippen molar-refractivity contribution in [3.05, 3.63) is 0 Å². The second-order valence-corrected chi connectivity index (χ2v) is 8.41. The van der Waals surface area contributed by atoms with E-state index in [0.717, 1.165) is 13.0 Å². The molecule has 1 aliphatic rings. The topological polar surface area (TPSA) is 46.2 Å². The Bertz CT molecular complexity index is 316. The molecule has 4 heteroatoms. The van der Waals surface area contributed by atoms with Gasteiger partial charge >= 0.3 is 0 Å². The van der Waals surface area contributed by atoms with E-state index < -0.39 is 9.84 Å². The largest absolute Gasteiger partial charge is 0.312 e. The first-order chi connectivity index (χ1) is 7.17. The molecule has 1 saturated carbocycles. The van der Waals surface area contributed by atoms with Gasteiger partial charge in [0.05, 0.1) is 5.75 Å². The summed E-state index contributed by atoms with van der Waals surface area (Å²) in [5.41, 5.74) is 0.164. The van der Waals surface area contributed by atoms with Crippen LogP contribution in [0.2, 0.25) is 0 Å². The fourth-order valence-corrected chi connectivity index (χ4v) is 2.82.